The number of hydrogen-bond donors (Lipinski definition) is 1. The van der Waals surface area contributed by atoms with Crippen molar-refractivity contribution in [2.45, 2.75) is 0 Å². The molecule has 0 spiro atoms. The molecule has 1 heterocycles. The monoisotopic (exact) mass is 187 g/mol. The van der Waals surface area contributed by atoms with Crippen molar-refractivity contribution in [1.29, 1.82) is 10.5 Å². The Morgan fingerprint density at radius 3 is 2.50 bits per heavy atom. The summed E-state index contributed by atoms with van der Waals surface area (Å²) < 4.78 is 0. The van der Waals surface area contributed by atoms with Crippen LogP contribution in [0.5, 0.6) is 0 Å². The third kappa shape index (κ3) is 2.11. The highest BCUT2D eigenvalue weighted by Crippen LogP contribution is 2.20. The fourth-order valence-electron chi connectivity index (χ4n) is 1.08. The second-order valence-electron chi connectivity index (χ2n) is 2.61. The molecule has 0 aliphatic rings. The van der Waals surface area contributed by atoms with E-state index < -0.39 is 0 Å². The maximum atomic E-state index is 8.56. The average molecular weight is 187 g/mol. The molecule has 70 valence electrons. The number of nitriles is 2. The Hall–Kier alpha value is -2.27. The van der Waals surface area contributed by atoms with Gasteiger partial charge in [0, 0.05) is 6.20 Å². The van der Waals surface area contributed by atoms with E-state index in [0.29, 0.717) is 11.4 Å². The van der Waals surface area contributed by atoms with Crippen LogP contribution in [0.15, 0.2) is 18.5 Å². The van der Waals surface area contributed by atoms with E-state index in [4.69, 9.17) is 16.3 Å². The second kappa shape index (κ2) is 4.68. The molecule has 0 aliphatic heterocycles. The molecule has 2 N–H and O–H groups in total. The second-order valence-corrected chi connectivity index (χ2v) is 2.61. The summed E-state index contributed by atoms with van der Waals surface area (Å²) in [6.07, 6.45) is 3.07. The summed E-state index contributed by atoms with van der Waals surface area (Å²) in [5, 5.41) is 17.1. The minimum Gasteiger partial charge on any atom is -0.396 e. The maximum absolute atomic E-state index is 8.56. The Bertz CT molecular complexity index is 371. The van der Waals surface area contributed by atoms with Crippen molar-refractivity contribution < 1.29 is 0 Å². The van der Waals surface area contributed by atoms with E-state index in [1.807, 2.05) is 12.1 Å². The molecular weight excluding hydrogens is 178 g/mol. The van der Waals surface area contributed by atoms with Crippen LogP contribution in [-0.4, -0.2) is 18.1 Å². The molecule has 0 saturated heterocycles. The molecule has 0 atom stereocenters. The fourth-order valence-corrected chi connectivity index (χ4v) is 1.08. The summed E-state index contributed by atoms with van der Waals surface area (Å²) in [5.74, 6) is 0. The molecule has 1 aromatic heterocycles. The molecule has 0 amide bonds. The molecule has 14 heavy (non-hydrogen) atoms. The zero-order valence-electron chi connectivity index (χ0n) is 7.51. The van der Waals surface area contributed by atoms with Crippen LogP contribution in [0.3, 0.4) is 0 Å². The summed E-state index contributed by atoms with van der Waals surface area (Å²) in [4.78, 5) is 5.42. The molecule has 0 radical (unpaired) electrons. The maximum Gasteiger partial charge on any atom is 0.107 e. The van der Waals surface area contributed by atoms with Gasteiger partial charge in [-0.3, -0.25) is 4.98 Å². The van der Waals surface area contributed by atoms with Crippen LogP contribution in [-0.2, 0) is 0 Å². The van der Waals surface area contributed by atoms with Gasteiger partial charge in [0.15, 0.2) is 0 Å². The molecule has 0 aromatic carbocycles. The van der Waals surface area contributed by atoms with Gasteiger partial charge in [-0.1, -0.05) is 0 Å². The zero-order chi connectivity index (χ0) is 10.4. The standard InChI is InChI=1S/C9H9N5/c10-2-5-14(6-3-11)9-1-4-13-7-8(9)12/h1,4,7H,5-6,12H2. The third-order valence-electron chi connectivity index (χ3n) is 1.69. The van der Waals surface area contributed by atoms with E-state index in [9.17, 15) is 0 Å². The summed E-state index contributed by atoms with van der Waals surface area (Å²) in [5.41, 5.74) is 6.80. The van der Waals surface area contributed by atoms with Gasteiger partial charge >= 0.3 is 0 Å². The van der Waals surface area contributed by atoms with Crippen molar-refractivity contribution >= 4 is 11.4 Å². The number of nitrogen functional groups attached to an aromatic ring is 1. The Morgan fingerprint density at radius 2 is 2.00 bits per heavy atom. The summed E-state index contributed by atoms with van der Waals surface area (Å²) in [6.45, 7) is 0.281. The van der Waals surface area contributed by atoms with Gasteiger partial charge < -0.3 is 10.6 Å². The molecule has 5 nitrogen and oxygen atoms in total. The van der Waals surface area contributed by atoms with Crippen molar-refractivity contribution in [1.82, 2.24) is 4.98 Å². The summed E-state index contributed by atoms with van der Waals surface area (Å²) >= 11 is 0. The van der Waals surface area contributed by atoms with E-state index >= 15 is 0 Å². The lowest BCUT2D eigenvalue weighted by Crippen LogP contribution is -2.24. The van der Waals surface area contributed by atoms with E-state index in [1.54, 1.807) is 17.2 Å². The summed E-state index contributed by atoms with van der Waals surface area (Å²) in [7, 11) is 0. The number of rotatable bonds is 3. The highest BCUT2D eigenvalue weighted by atomic mass is 15.1. The van der Waals surface area contributed by atoms with Crippen molar-refractivity contribution in [3.8, 4) is 12.1 Å². The Kier molecular flexibility index (Phi) is 3.28. The first-order valence-electron chi connectivity index (χ1n) is 3.98. The number of aromatic nitrogens is 1. The van der Waals surface area contributed by atoms with Gasteiger partial charge in [-0.15, -0.1) is 0 Å². The van der Waals surface area contributed by atoms with Gasteiger partial charge in [-0.05, 0) is 6.07 Å². The number of anilines is 2. The molecule has 0 unspecified atom stereocenters. The Labute approximate surface area is 82.0 Å². The van der Waals surface area contributed by atoms with Gasteiger partial charge in [0.05, 0.1) is 29.7 Å². The fraction of sp³-hybridized carbons (Fsp3) is 0.222. The lowest BCUT2D eigenvalue weighted by atomic mass is 10.3. The number of nitrogens with two attached hydrogens (primary N) is 1. The molecule has 0 aliphatic carbocycles. The lowest BCUT2D eigenvalue weighted by molar-refractivity contribution is 0.965. The Morgan fingerprint density at radius 1 is 1.36 bits per heavy atom. The molecule has 0 saturated carbocycles. The van der Waals surface area contributed by atoms with Crippen LogP contribution in [0.25, 0.3) is 0 Å². The van der Waals surface area contributed by atoms with Gasteiger partial charge in [0.25, 0.3) is 0 Å². The predicted molar refractivity (Wildman–Crippen MR) is 52.1 cm³/mol. The largest absolute Gasteiger partial charge is 0.396 e. The van der Waals surface area contributed by atoms with E-state index in [2.05, 4.69) is 4.98 Å². The van der Waals surface area contributed by atoms with Gasteiger partial charge in [0.1, 0.15) is 13.1 Å². The van der Waals surface area contributed by atoms with Crippen molar-refractivity contribution in [2.75, 3.05) is 23.7 Å². The highest BCUT2D eigenvalue weighted by Gasteiger charge is 2.07. The first kappa shape index (κ1) is 9.82. The number of pyridine rings is 1. The van der Waals surface area contributed by atoms with Crippen molar-refractivity contribution in [3.05, 3.63) is 18.5 Å². The normalized spacial score (nSPS) is 8.71. The van der Waals surface area contributed by atoms with Crippen LogP contribution >= 0.6 is 0 Å². The van der Waals surface area contributed by atoms with Gasteiger partial charge in [-0.25, -0.2) is 0 Å². The minimum atomic E-state index is 0.141. The topological polar surface area (TPSA) is 89.7 Å². The molecule has 1 aromatic rings. The highest BCUT2D eigenvalue weighted by molar-refractivity contribution is 5.66. The first-order chi connectivity index (χ1) is 6.79. The molecule has 0 fully saturated rings. The van der Waals surface area contributed by atoms with Gasteiger partial charge in [-0.2, -0.15) is 10.5 Å². The van der Waals surface area contributed by atoms with Crippen LogP contribution in [0.1, 0.15) is 0 Å². The predicted octanol–water partition coefficient (Wildman–Crippen LogP) is 0.517. The number of nitrogens with zero attached hydrogens (tertiary/aromatic N) is 4. The van der Waals surface area contributed by atoms with Crippen molar-refractivity contribution in [2.24, 2.45) is 0 Å². The smallest absolute Gasteiger partial charge is 0.107 e. The molecular formula is C9H9N5. The SMILES string of the molecule is N#CCN(CC#N)c1ccncc1N. The zero-order valence-corrected chi connectivity index (χ0v) is 7.51. The van der Waals surface area contributed by atoms with Gasteiger partial charge in [0.2, 0.25) is 0 Å². The van der Waals surface area contributed by atoms with Crippen LogP contribution in [0.2, 0.25) is 0 Å². The van der Waals surface area contributed by atoms with E-state index in [1.165, 1.54) is 6.20 Å². The van der Waals surface area contributed by atoms with Crippen LogP contribution < -0.4 is 10.6 Å². The van der Waals surface area contributed by atoms with Crippen LogP contribution in [0.4, 0.5) is 11.4 Å². The quantitative estimate of drug-likeness (QED) is 0.696. The van der Waals surface area contributed by atoms with Crippen LogP contribution in [0, 0.1) is 22.7 Å². The van der Waals surface area contributed by atoms with Crippen molar-refractivity contribution in [3.63, 3.8) is 0 Å². The minimum absolute atomic E-state index is 0.141. The summed E-state index contributed by atoms with van der Waals surface area (Å²) in [6, 6.07) is 5.64. The molecule has 0 bridgehead atoms. The van der Waals surface area contributed by atoms with E-state index in [-0.39, 0.29) is 13.1 Å². The number of hydrogen-bond acceptors (Lipinski definition) is 5. The third-order valence-corrected chi connectivity index (χ3v) is 1.69. The Balaban J connectivity index is 2.95. The molecule has 5 heteroatoms. The first-order valence-corrected chi connectivity index (χ1v) is 3.98. The average Bonchev–Trinajstić information content (AvgIpc) is 2.18. The molecule has 1 rings (SSSR count). The van der Waals surface area contributed by atoms with E-state index in [0.717, 1.165) is 0 Å². The lowest BCUT2D eigenvalue weighted by Gasteiger charge is -2.19.